The highest BCUT2D eigenvalue weighted by Gasteiger charge is 2.25. The van der Waals surface area contributed by atoms with Crippen molar-refractivity contribution in [3.05, 3.63) is 0 Å². The van der Waals surface area contributed by atoms with Gasteiger partial charge in [0.2, 0.25) is 0 Å². The Kier molecular flexibility index (Phi) is 5.54. The van der Waals surface area contributed by atoms with Gasteiger partial charge in [0.15, 0.2) is 0 Å². The molecule has 0 aromatic carbocycles. The van der Waals surface area contributed by atoms with E-state index in [-0.39, 0.29) is 11.5 Å². The van der Waals surface area contributed by atoms with Gasteiger partial charge in [-0.3, -0.25) is 0 Å². The van der Waals surface area contributed by atoms with Crippen LogP contribution in [0.1, 0.15) is 48.0 Å². The van der Waals surface area contributed by atoms with E-state index in [1.54, 1.807) is 4.90 Å². The van der Waals surface area contributed by atoms with Gasteiger partial charge >= 0.3 is 6.09 Å². The molecular weight excluding hydrogens is 214 g/mol. The number of ether oxygens (including phenoxy) is 1. The first-order chi connectivity index (χ1) is 7.55. The van der Waals surface area contributed by atoms with E-state index in [0.717, 1.165) is 0 Å². The maximum atomic E-state index is 12.0. The molecule has 3 nitrogen and oxygen atoms in total. The van der Waals surface area contributed by atoms with Crippen molar-refractivity contribution in [1.82, 2.24) is 4.90 Å². The van der Waals surface area contributed by atoms with E-state index in [0.29, 0.717) is 19.5 Å². The van der Waals surface area contributed by atoms with E-state index in [1.165, 1.54) is 0 Å². The number of carbonyl (C=O) groups is 1. The molecule has 0 bridgehead atoms. The lowest BCUT2D eigenvalue weighted by Crippen LogP contribution is -2.41. The molecule has 0 spiro atoms. The van der Waals surface area contributed by atoms with E-state index in [9.17, 15) is 4.79 Å². The molecule has 0 aromatic rings. The van der Waals surface area contributed by atoms with Crippen molar-refractivity contribution in [2.24, 2.45) is 5.41 Å². The Morgan fingerprint density at radius 2 is 1.76 bits per heavy atom. The van der Waals surface area contributed by atoms with Crippen LogP contribution < -0.4 is 0 Å². The molecule has 0 unspecified atom stereocenters. The summed E-state index contributed by atoms with van der Waals surface area (Å²) in [5, 5.41) is 0. The summed E-state index contributed by atoms with van der Waals surface area (Å²) >= 11 is 0. The van der Waals surface area contributed by atoms with E-state index in [1.807, 2.05) is 20.8 Å². The zero-order valence-electron chi connectivity index (χ0n) is 12.0. The highest BCUT2D eigenvalue weighted by Crippen LogP contribution is 2.18. The van der Waals surface area contributed by atoms with Gasteiger partial charge in [-0.2, -0.15) is 0 Å². The fourth-order valence-corrected chi connectivity index (χ4v) is 1.33. The van der Waals surface area contributed by atoms with Crippen molar-refractivity contribution < 1.29 is 9.53 Å². The summed E-state index contributed by atoms with van der Waals surface area (Å²) in [5.41, 5.74) is -0.436. The lowest BCUT2D eigenvalue weighted by molar-refractivity contribution is 0.0193. The third-order valence-corrected chi connectivity index (χ3v) is 1.84. The molecule has 0 saturated carbocycles. The molecule has 0 aliphatic heterocycles. The number of amides is 1. The van der Waals surface area contributed by atoms with Crippen LogP contribution in [0.25, 0.3) is 0 Å². The molecule has 0 rings (SSSR count). The molecule has 0 aliphatic rings. The third kappa shape index (κ3) is 8.62. The largest absolute Gasteiger partial charge is 0.444 e. The summed E-state index contributed by atoms with van der Waals surface area (Å²) in [6, 6.07) is 0. The predicted octanol–water partition coefficient (Wildman–Crippen LogP) is 3.29. The molecule has 0 N–H and O–H groups in total. The molecule has 17 heavy (non-hydrogen) atoms. The smallest absolute Gasteiger partial charge is 0.410 e. The number of nitrogens with zero attached hydrogens (tertiary/aromatic N) is 1. The molecule has 0 aliphatic carbocycles. The van der Waals surface area contributed by atoms with E-state index in [2.05, 4.69) is 26.7 Å². The van der Waals surface area contributed by atoms with Crippen LogP contribution in [0.5, 0.6) is 0 Å². The van der Waals surface area contributed by atoms with Gasteiger partial charge in [0.1, 0.15) is 5.60 Å². The summed E-state index contributed by atoms with van der Waals surface area (Å²) in [7, 11) is 0. The van der Waals surface area contributed by atoms with Crippen LogP contribution in [0, 0.1) is 17.8 Å². The van der Waals surface area contributed by atoms with Gasteiger partial charge in [-0.05, 0) is 26.2 Å². The Morgan fingerprint density at radius 3 is 2.12 bits per heavy atom. The standard InChI is InChI=1S/C14H25NO2/c1-8-9-10-15(11-13(2,3)4)12(16)17-14(5,6)7/h1H,9-11H2,2-7H3. The number of rotatable bonds is 3. The van der Waals surface area contributed by atoms with Crippen molar-refractivity contribution >= 4 is 6.09 Å². The lowest BCUT2D eigenvalue weighted by atomic mass is 9.96. The second kappa shape index (κ2) is 5.95. The molecule has 98 valence electrons. The summed E-state index contributed by atoms with van der Waals surface area (Å²) < 4.78 is 5.36. The molecule has 1 amide bonds. The molecule has 0 aromatic heterocycles. The Hall–Kier alpha value is -1.17. The minimum Gasteiger partial charge on any atom is -0.444 e. The summed E-state index contributed by atoms with van der Waals surface area (Å²) in [4.78, 5) is 13.7. The van der Waals surface area contributed by atoms with E-state index in [4.69, 9.17) is 11.2 Å². The third-order valence-electron chi connectivity index (χ3n) is 1.84. The Balaban J connectivity index is 4.58. The topological polar surface area (TPSA) is 29.5 Å². The van der Waals surface area contributed by atoms with Crippen molar-refractivity contribution in [3.63, 3.8) is 0 Å². The maximum absolute atomic E-state index is 12.0. The molecule has 0 radical (unpaired) electrons. The molecule has 0 atom stereocenters. The van der Waals surface area contributed by atoms with Gasteiger partial charge in [0.05, 0.1) is 0 Å². The van der Waals surface area contributed by atoms with Crippen LogP contribution in [0.2, 0.25) is 0 Å². The first-order valence-electron chi connectivity index (χ1n) is 5.96. The maximum Gasteiger partial charge on any atom is 0.410 e. The van der Waals surface area contributed by atoms with Crippen LogP contribution in [0.15, 0.2) is 0 Å². The Morgan fingerprint density at radius 1 is 1.24 bits per heavy atom. The fourth-order valence-electron chi connectivity index (χ4n) is 1.33. The van der Waals surface area contributed by atoms with E-state index >= 15 is 0 Å². The number of terminal acetylenes is 1. The minimum absolute atomic E-state index is 0.0332. The van der Waals surface area contributed by atoms with Crippen LogP contribution in [-0.4, -0.2) is 29.7 Å². The predicted molar refractivity (Wildman–Crippen MR) is 70.7 cm³/mol. The van der Waals surface area contributed by atoms with Gasteiger partial charge in [-0.1, -0.05) is 20.8 Å². The quantitative estimate of drug-likeness (QED) is 0.707. The Labute approximate surface area is 106 Å². The number of hydrogen-bond acceptors (Lipinski definition) is 2. The van der Waals surface area contributed by atoms with Gasteiger partial charge < -0.3 is 9.64 Å². The fraction of sp³-hybridized carbons (Fsp3) is 0.786. The Bertz CT molecular complexity index is 289. The summed E-state index contributed by atoms with van der Waals surface area (Å²) in [6.45, 7) is 13.0. The normalized spacial score (nSPS) is 11.8. The molecule has 0 heterocycles. The van der Waals surface area contributed by atoms with Crippen LogP contribution in [0.3, 0.4) is 0 Å². The average Bonchev–Trinajstić information content (AvgIpc) is 2.07. The van der Waals surface area contributed by atoms with Crippen molar-refractivity contribution in [3.8, 4) is 12.3 Å². The van der Waals surface area contributed by atoms with Crippen molar-refractivity contribution in [2.45, 2.75) is 53.6 Å². The van der Waals surface area contributed by atoms with Crippen LogP contribution >= 0.6 is 0 Å². The monoisotopic (exact) mass is 239 g/mol. The second-order valence-electron chi connectivity index (χ2n) is 6.42. The lowest BCUT2D eigenvalue weighted by Gasteiger charge is -2.31. The van der Waals surface area contributed by atoms with Crippen molar-refractivity contribution in [2.75, 3.05) is 13.1 Å². The first-order valence-corrected chi connectivity index (χ1v) is 5.96. The van der Waals surface area contributed by atoms with Crippen molar-refractivity contribution in [1.29, 1.82) is 0 Å². The minimum atomic E-state index is -0.469. The highest BCUT2D eigenvalue weighted by molar-refractivity contribution is 5.68. The van der Waals surface area contributed by atoms with Gasteiger partial charge in [0, 0.05) is 19.5 Å². The SMILES string of the molecule is C#CCCN(CC(C)(C)C)C(=O)OC(C)(C)C. The van der Waals surface area contributed by atoms with Gasteiger partial charge in [-0.15, -0.1) is 12.3 Å². The first kappa shape index (κ1) is 15.8. The molecule has 0 saturated heterocycles. The molecule has 0 fully saturated rings. The van der Waals surface area contributed by atoms with Crippen LogP contribution in [0.4, 0.5) is 4.79 Å². The second-order valence-corrected chi connectivity index (χ2v) is 6.42. The zero-order chi connectivity index (χ0) is 13.7. The average molecular weight is 239 g/mol. The summed E-state index contributed by atoms with van der Waals surface area (Å²) in [5.74, 6) is 2.55. The molecular formula is C14H25NO2. The van der Waals surface area contributed by atoms with Gasteiger partial charge in [0.25, 0.3) is 0 Å². The molecule has 3 heteroatoms. The van der Waals surface area contributed by atoms with E-state index < -0.39 is 5.60 Å². The van der Waals surface area contributed by atoms with Gasteiger partial charge in [-0.25, -0.2) is 4.79 Å². The number of hydrogen-bond donors (Lipinski definition) is 0. The van der Waals surface area contributed by atoms with Crippen LogP contribution in [-0.2, 0) is 4.74 Å². The summed E-state index contributed by atoms with van der Waals surface area (Å²) in [6.07, 6.45) is 5.50. The zero-order valence-corrected chi connectivity index (χ0v) is 12.0. The number of carbonyl (C=O) groups excluding carboxylic acids is 1. The highest BCUT2D eigenvalue weighted by atomic mass is 16.6.